The molecule has 0 amide bonds. The molecule has 1 saturated heterocycles. The van der Waals surface area contributed by atoms with Gasteiger partial charge in [0.15, 0.2) is 5.82 Å². The number of nitrogens with one attached hydrogen (secondary N) is 1. The maximum atomic E-state index is 14.3. The van der Waals surface area contributed by atoms with Crippen LogP contribution in [0.25, 0.3) is 22.4 Å². The predicted octanol–water partition coefficient (Wildman–Crippen LogP) is 3.38. The van der Waals surface area contributed by atoms with Crippen LogP contribution in [0, 0.1) is 5.82 Å². The molecule has 1 fully saturated rings. The first kappa shape index (κ1) is 21.8. The van der Waals surface area contributed by atoms with E-state index in [1.807, 2.05) is 24.3 Å². The van der Waals surface area contributed by atoms with Gasteiger partial charge in [-0.2, -0.15) is 0 Å². The van der Waals surface area contributed by atoms with Crippen LogP contribution in [0.1, 0.15) is 11.6 Å². The van der Waals surface area contributed by atoms with Crippen LogP contribution in [0.4, 0.5) is 16.0 Å². The molecule has 7 nitrogen and oxygen atoms in total. The van der Waals surface area contributed by atoms with Crippen LogP contribution in [-0.4, -0.2) is 34.2 Å². The molecule has 8 heteroatoms. The normalized spacial score (nSPS) is 15.9. The summed E-state index contributed by atoms with van der Waals surface area (Å²) in [5.41, 5.74) is 10.2. The van der Waals surface area contributed by atoms with Gasteiger partial charge in [0.1, 0.15) is 0 Å². The summed E-state index contributed by atoms with van der Waals surface area (Å²) in [7, 11) is 1.69. The van der Waals surface area contributed by atoms with Gasteiger partial charge in [-0.25, -0.2) is 9.37 Å². The van der Waals surface area contributed by atoms with E-state index in [0.717, 1.165) is 35.1 Å². The molecule has 3 heterocycles. The van der Waals surface area contributed by atoms with Crippen LogP contribution in [0.5, 0.6) is 0 Å². The molecule has 4 aromatic rings. The summed E-state index contributed by atoms with van der Waals surface area (Å²) < 4.78 is 15.8. The molecule has 172 valence electrons. The molecule has 2 aromatic heterocycles. The predicted molar refractivity (Wildman–Crippen MR) is 132 cm³/mol. The Balaban J connectivity index is 1.41. The summed E-state index contributed by atoms with van der Waals surface area (Å²) in [6.07, 6.45) is 2.62. The number of halogens is 1. The Bertz CT molecular complexity index is 1370. The lowest BCUT2D eigenvalue weighted by Gasteiger charge is -2.35. The van der Waals surface area contributed by atoms with E-state index in [2.05, 4.69) is 44.5 Å². The SMILES string of the molecule is Cn1c(N2CCNC(c3ccc(-c4ccc(N)cc4)cc3)C2)nc(-c2ccncc2F)cc1=O. The summed E-state index contributed by atoms with van der Waals surface area (Å²) in [5.74, 6) is 0.0114. The Labute approximate surface area is 196 Å². The first-order chi connectivity index (χ1) is 16.5. The monoisotopic (exact) mass is 456 g/mol. The number of aromatic nitrogens is 3. The fourth-order valence-corrected chi connectivity index (χ4v) is 4.27. The highest BCUT2D eigenvalue weighted by atomic mass is 19.1. The zero-order valence-corrected chi connectivity index (χ0v) is 18.8. The molecule has 5 rings (SSSR count). The third-order valence-electron chi connectivity index (χ3n) is 6.17. The van der Waals surface area contributed by atoms with Gasteiger partial charge in [0.2, 0.25) is 5.95 Å². The third-order valence-corrected chi connectivity index (χ3v) is 6.17. The van der Waals surface area contributed by atoms with Crippen LogP contribution in [0.15, 0.2) is 77.9 Å². The van der Waals surface area contributed by atoms with Crippen molar-refractivity contribution in [2.75, 3.05) is 30.3 Å². The lowest BCUT2D eigenvalue weighted by Crippen LogP contribution is -2.47. The molecule has 3 N–H and O–H groups in total. The molecule has 1 unspecified atom stereocenters. The topological polar surface area (TPSA) is 89.1 Å². The minimum absolute atomic E-state index is 0.0624. The molecule has 34 heavy (non-hydrogen) atoms. The number of hydrogen-bond donors (Lipinski definition) is 2. The van der Waals surface area contributed by atoms with Crippen molar-refractivity contribution in [2.45, 2.75) is 6.04 Å². The van der Waals surface area contributed by atoms with Crippen molar-refractivity contribution in [2.24, 2.45) is 7.05 Å². The van der Waals surface area contributed by atoms with Crippen LogP contribution in [-0.2, 0) is 7.05 Å². The molecule has 0 aliphatic carbocycles. The van der Waals surface area contributed by atoms with Gasteiger partial charge in [-0.3, -0.25) is 14.3 Å². The zero-order valence-electron chi connectivity index (χ0n) is 18.8. The Kier molecular flexibility index (Phi) is 5.81. The lowest BCUT2D eigenvalue weighted by molar-refractivity contribution is 0.462. The van der Waals surface area contributed by atoms with Gasteiger partial charge in [0.05, 0.1) is 11.9 Å². The third kappa shape index (κ3) is 4.27. The fourth-order valence-electron chi connectivity index (χ4n) is 4.27. The number of piperazine rings is 1. The van der Waals surface area contributed by atoms with Crippen LogP contribution in [0.3, 0.4) is 0 Å². The molecular formula is C26H25FN6O. The first-order valence-electron chi connectivity index (χ1n) is 11.1. The zero-order chi connectivity index (χ0) is 23.7. The van der Waals surface area contributed by atoms with Crippen molar-refractivity contribution in [1.29, 1.82) is 0 Å². The highest BCUT2D eigenvalue weighted by Crippen LogP contribution is 2.26. The van der Waals surface area contributed by atoms with E-state index in [0.29, 0.717) is 24.7 Å². The van der Waals surface area contributed by atoms with Crippen LogP contribution < -0.4 is 21.5 Å². The van der Waals surface area contributed by atoms with Crippen molar-refractivity contribution >= 4 is 11.6 Å². The van der Waals surface area contributed by atoms with Gasteiger partial charge in [-0.1, -0.05) is 36.4 Å². The Morgan fingerprint density at radius 2 is 1.76 bits per heavy atom. The molecule has 2 aromatic carbocycles. The fraction of sp³-hybridized carbons (Fsp3) is 0.192. The number of nitrogen functional groups attached to an aromatic ring is 1. The second kappa shape index (κ2) is 9.07. The molecule has 1 aliphatic heterocycles. The summed E-state index contributed by atoms with van der Waals surface area (Å²) >= 11 is 0. The van der Waals surface area contributed by atoms with Crippen LogP contribution in [0.2, 0.25) is 0 Å². The van der Waals surface area contributed by atoms with E-state index in [9.17, 15) is 9.18 Å². The van der Waals surface area contributed by atoms with Gasteiger partial charge in [0, 0.05) is 56.2 Å². The van der Waals surface area contributed by atoms with E-state index in [1.54, 1.807) is 7.05 Å². The van der Waals surface area contributed by atoms with Crippen molar-refractivity contribution in [1.82, 2.24) is 19.9 Å². The Morgan fingerprint density at radius 3 is 2.47 bits per heavy atom. The van der Waals surface area contributed by atoms with E-state index >= 15 is 0 Å². The highest BCUT2D eigenvalue weighted by Gasteiger charge is 2.24. The van der Waals surface area contributed by atoms with Crippen molar-refractivity contribution in [3.05, 3.63) is 94.8 Å². The standard InChI is InChI=1S/C26H25FN6O/c1-32-25(34)14-23(21-10-11-29-15-22(21)27)31-26(32)33-13-12-30-24(16-33)19-4-2-17(3-5-19)18-6-8-20(28)9-7-18/h2-11,14-15,24,30H,12-13,16,28H2,1H3. The Hall–Kier alpha value is -4.04. The quantitative estimate of drug-likeness (QED) is 0.458. The summed E-state index contributed by atoms with van der Waals surface area (Å²) in [6, 6.07) is 19.2. The van der Waals surface area contributed by atoms with E-state index in [4.69, 9.17) is 5.73 Å². The van der Waals surface area contributed by atoms with Gasteiger partial charge in [-0.15, -0.1) is 0 Å². The van der Waals surface area contributed by atoms with Gasteiger partial charge < -0.3 is 16.0 Å². The Morgan fingerprint density at radius 1 is 1.06 bits per heavy atom. The second-order valence-electron chi connectivity index (χ2n) is 8.39. The van der Waals surface area contributed by atoms with Crippen molar-refractivity contribution in [3.63, 3.8) is 0 Å². The van der Waals surface area contributed by atoms with Crippen LogP contribution >= 0.6 is 0 Å². The largest absolute Gasteiger partial charge is 0.399 e. The summed E-state index contributed by atoms with van der Waals surface area (Å²) in [4.78, 5) is 23.2. The summed E-state index contributed by atoms with van der Waals surface area (Å²) in [6.45, 7) is 2.04. The maximum absolute atomic E-state index is 14.3. The minimum Gasteiger partial charge on any atom is -0.399 e. The number of nitrogens with two attached hydrogens (primary N) is 1. The molecule has 0 saturated carbocycles. The average molecular weight is 457 g/mol. The average Bonchev–Trinajstić information content (AvgIpc) is 2.87. The molecule has 0 spiro atoms. The molecule has 1 atom stereocenters. The lowest BCUT2D eigenvalue weighted by atomic mass is 9.99. The second-order valence-corrected chi connectivity index (χ2v) is 8.39. The molecular weight excluding hydrogens is 431 g/mol. The van der Waals surface area contributed by atoms with E-state index in [-0.39, 0.29) is 17.2 Å². The van der Waals surface area contributed by atoms with Crippen molar-refractivity contribution < 1.29 is 4.39 Å². The van der Waals surface area contributed by atoms with E-state index in [1.165, 1.54) is 22.9 Å². The number of rotatable bonds is 4. The molecule has 0 bridgehead atoms. The van der Waals surface area contributed by atoms with Crippen molar-refractivity contribution in [3.8, 4) is 22.4 Å². The number of pyridine rings is 1. The number of nitrogens with zero attached hydrogens (tertiary/aromatic N) is 4. The molecule has 0 radical (unpaired) electrons. The smallest absolute Gasteiger partial charge is 0.255 e. The minimum atomic E-state index is -0.506. The summed E-state index contributed by atoms with van der Waals surface area (Å²) in [5, 5.41) is 3.55. The van der Waals surface area contributed by atoms with Gasteiger partial charge in [-0.05, 0) is 34.9 Å². The number of anilines is 2. The molecule has 1 aliphatic rings. The van der Waals surface area contributed by atoms with Gasteiger partial charge in [0.25, 0.3) is 5.56 Å². The number of hydrogen-bond acceptors (Lipinski definition) is 6. The number of benzene rings is 2. The van der Waals surface area contributed by atoms with Gasteiger partial charge >= 0.3 is 0 Å². The maximum Gasteiger partial charge on any atom is 0.255 e. The first-order valence-corrected chi connectivity index (χ1v) is 11.1. The van der Waals surface area contributed by atoms with E-state index < -0.39 is 5.82 Å². The highest BCUT2D eigenvalue weighted by molar-refractivity contribution is 5.66.